The molecule has 6 heteroatoms. The molecule has 0 aliphatic heterocycles. The Bertz CT molecular complexity index is 797. The first-order valence-electron chi connectivity index (χ1n) is 8.84. The maximum absolute atomic E-state index is 12.5. The molecule has 0 unspecified atom stereocenters. The summed E-state index contributed by atoms with van der Waals surface area (Å²) in [5.74, 6) is -0.161. The van der Waals surface area contributed by atoms with Crippen molar-refractivity contribution in [2.45, 2.75) is 12.3 Å². The van der Waals surface area contributed by atoms with Crippen molar-refractivity contribution in [2.24, 2.45) is 0 Å². The highest BCUT2D eigenvalue weighted by Gasteiger charge is 2.19. The van der Waals surface area contributed by atoms with Gasteiger partial charge in [0.2, 0.25) is 15.9 Å². The average molecular weight is 387 g/mol. The average Bonchev–Trinajstić information content (AvgIpc) is 2.66. The molecule has 0 bridgehead atoms. The van der Waals surface area contributed by atoms with Crippen molar-refractivity contribution in [3.63, 3.8) is 0 Å². The maximum Gasteiger partial charge on any atom is 0.220 e. The molecule has 0 aromatic heterocycles. The van der Waals surface area contributed by atoms with Crippen LogP contribution in [0.25, 0.3) is 0 Å². The third-order valence-electron chi connectivity index (χ3n) is 4.28. The van der Waals surface area contributed by atoms with Gasteiger partial charge in [-0.1, -0.05) is 66.7 Å². The number of benzene rings is 2. The number of amides is 1. The molecule has 0 saturated heterocycles. The molecule has 2 rings (SSSR count). The van der Waals surface area contributed by atoms with Crippen LogP contribution in [-0.2, 0) is 14.8 Å². The van der Waals surface area contributed by atoms with Crippen LogP contribution in [-0.4, -0.2) is 44.5 Å². The summed E-state index contributed by atoms with van der Waals surface area (Å²) in [6, 6.07) is 19.8. The van der Waals surface area contributed by atoms with Gasteiger partial charge in [-0.15, -0.1) is 6.58 Å². The molecule has 0 saturated carbocycles. The molecule has 0 radical (unpaired) electrons. The summed E-state index contributed by atoms with van der Waals surface area (Å²) in [5.41, 5.74) is 2.14. The van der Waals surface area contributed by atoms with Crippen LogP contribution < -0.4 is 5.32 Å². The van der Waals surface area contributed by atoms with Crippen molar-refractivity contribution in [1.29, 1.82) is 0 Å². The first-order valence-corrected chi connectivity index (χ1v) is 10.7. The normalized spacial score (nSPS) is 11.5. The Morgan fingerprint density at radius 3 is 2.04 bits per heavy atom. The Morgan fingerprint density at radius 2 is 1.59 bits per heavy atom. The second kappa shape index (κ2) is 10.0. The number of nitrogens with zero attached hydrogens (tertiary/aromatic N) is 1. The molecule has 2 aromatic carbocycles. The molecule has 1 N–H and O–H groups in total. The summed E-state index contributed by atoms with van der Waals surface area (Å²) in [6.45, 7) is 4.28. The van der Waals surface area contributed by atoms with Crippen LogP contribution >= 0.6 is 0 Å². The minimum Gasteiger partial charge on any atom is -0.355 e. The smallest absolute Gasteiger partial charge is 0.220 e. The lowest BCUT2D eigenvalue weighted by Gasteiger charge is -2.20. The van der Waals surface area contributed by atoms with E-state index in [0.717, 1.165) is 17.4 Å². The monoisotopic (exact) mass is 386 g/mol. The molecular weight excluding hydrogens is 360 g/mol. The van der Waals surface area contributed by atoms with Crippen molar-refractivity contribution in [2.75, 3.05) is 25.9 Å². The largest absolute Gasteiger partial charge is 0.355 e. The van der Waals surface area contributed by atoms with Gasteiger partial charge in [0, 0.05) is 32.0 Å². The third-order valence-corrected chi connectivity index (χ3v) is 5.55. The summed E-state index contributed by atoms with van der Waals surface area (Å²) >= 11 is 0. The van der Waals surface area contributed by atoms with E-state index in [0.29, 0.717) is 6.42 Å². The first-order chi connectivity index (χ1) is 12.9. The van der Waals surface area contributed by atoms with E-state index in [-0.39, 0.29) is 31.5 Å². The molecule has 2 aromatic rings. The fourth-order valence-electron chi connectivity index (χ4n) is 2.91. The molecule has 0 atom stereocenters. The molecule has 0 spiro atoms. The minimum absolute atomic E-state index is 0.0495. The van der Waals surface area contributed by atoms with Gasteiger partial charge in [-0.05, 0) is 11.1 Å². The lowest BCUT2D eigenvalue weighted by atomic mass is 9.88. The van der Waals surface area contributed by atoms with Crippen LogP contribution in [0.4, 0.5) is 0 Å². The second-order valence-electron chi connectivity index (χ2n) is 6.34. The zero-order valence-electron chi connectivity index (χ0n) is 15.5. The summed E-state index contributed by atoms with van der Waals surface area (Å²) in [4.78, 5) is 12.5. The van der Waals surface area contributed by atoms with E-state index in [9.17, 15) is 13.2 Å². The number of carbonyl (C=O) groups is 1. The topological polar surface area (TPSA) is 66.5 Å². The molecular formula is C21H26N2O3S. The Labute approximate surface area is 161 Å². The summed E-state index contributed by atoms with van der Waals surface area (Å²) < 4.78 is 24.7. The SMILES string of the molecule is C=CCN(CCNC(=O)CC(c1ccccc1)c1ccccc1)S(C)(=O)=O. The number of carbonyl (C=O) groups excluding carboxylic acids is 1. The summed E-state index contributed by atoms with van der Waals surface area (Å²) in [6.07, 6.45) is 2.98. The van der Waals surface area contributed by atoms with E-state index in [1.54, 1.807) is 0 Å². The first kappa shape index (κ1) is 20.9. The Morgan fingerprint density at radius 1 is 1.07 bits per heavy atom. The van der Waals surface area contributed by atoms with Gasteiger partial charge in [0.05, 0.1) is 6.26 Å². The van der Waals surface area contributed by atoms with Gasteiger partial charge in [0.15, 0.2) is 0 Å². The lowest BCUT2D eigenvalue weighted by Crippen LogP contribution is -2.38. The highest BCUT2D eigenvalue weighted by atomic mass is 32.2. The second-order valence-corrected chi connectivity index (χ2v) is 8.32. The number of hydrogen-bond donors (Lipinski definition) is 1. The molecule has 0 fully saturated rings. The van der Waals surface area contributed by atoms with Crippen LogP contribution in [0.15, 0.2) is 73.3 Å². The predicted molar refractivity (Wildman–Crippen MR) is 109 cm³/mol. The van der Waals surface area contributed by atoms with Gasteiger partial charge in [0.1, 0.15) is 0 Å². The van der Waals surface area contributed by atoms with E-state index < -0.39 is 10.0 Å². The highest BCUT2D eigenvalue weighted by Crippen LogP contribution is 2.27. The number of rotatable bonds is 10. The lowest BCUT2D eigenvalue weighted by molar-refractivity contribution is -0.121. The fourth-order valence-corrected chi connectivity index (χ4v) is 3.71. The van der Waals surface area contributed by atoms with Crippen molar-refractivity contribution in [1.82, 2.24) is 9.62 Å². The fraction of sp³-hybridized carbons (Fsp3) is 0.286. The minimum atomic E-state index is -3.32. The molecule has 0 aliphatic rings. The van der Waals surface area contributed by atoms with E-state index in [1.165, 1.54) is 10.4 Å². The van der Waals surface area contributed by atoms with Crippen LogP contribution in [0, 0.1) is 0 Å². The summed E-state index contributed by atoms with van der Waals surface area (Å²) in [5, 5.41) is 2.83. The van der Waals surface area contributed by atoms with Gasteiger partial charge < -0.3 is 5.32 Å². The van der Waals surface area contributed by atoms with Gasteiger partial charge in [0.25, 0.3) is 0 Å². The highest BCUT2D eigenvalue weighted by molar-refractivity contribution is 7.88. The van der Waals surface area contributed by atoms with Crippen LogP contribution in [0.3, 0.4) is 0 Å². The number of hydrogen-bond acceptors (Lipinski definition) is 3. The standard InChI is InChI=1S/C21H26N2O3S/c1-3-15-23(27(2,25)26)16-14-22-21(24)17-20(18-10-6-4-7-11-18)19-12-8-5-9-13-19/h3-13,20H,1,14-17H2,2H3,(H,22,24). The Balaban J connectivity index is 2.01. The zero-order valence-corrected chi connectivity index (χ0v) is 16.4. The molecule has 5 nitrogen and oxygen atoms in total. The Kier molecular flexibility index (Phi) is 7.76. The molecule has 27 heavy (non-hydrogen) atoms. The zero-order chi connectivity index (χ0) is 19.7. The van der Waals surface area contributed by atoms with Crippen LogP contribution in [0.1, 0.15) is 23.5 Å². The van der Waals surface area contributed by atoms with E-state index in [2.05, 4.69) is 11.9 Å². The van der Waals surface area contributed by atoms with Crippen molar-refractivity contribution < 1.29 is 13.2 Å². The van der Waals surface area contributed by atoms with Crippen molar-refractivity contribution in [3.8, 4) is 0 Å². The molecule has 1 amide bonds. The van der Waals surface area contributed by atoms with Gasteiger partial charge in [-0.2, -0.15) is 4.31 Å². The van der Waals surface area contributed by atoms with E-state index in [1.807, 2.05) is 60.7 Å². The summed E-state index contributed by atoms with van der Waals surface area (Å²) in [7, 11) is -3.32. The van der Waals surface area contributed by atoms with Crippen molar-refractivity contribution >= 4 is 15.9 Å². The molecule has 0 heterocycles. The van der Waals surface area contributed by atoms with Crippen LogP contribution in [0.5, 0.6) is 0 Å². The quantitative estimate of drug-likeness (QED) is 0.639. The predicted octanol–water partition coefficient (Wildman–Crippen LogP) is 2.77. The Hall–Kier alpha value is -2.44. The van der Waals surface area contributed by atoms with Crippen molar-refractivity contribution in [3.05, 3.63) is 84.4 Å². The maximum atomic E-state index is 12.5. The number of nitrogens with one attached hydrogen (secondary N) is 1. The van der Waals surface area contributed by atoms with Gasteiger partial charge in [-0.3, -0.25) is 4.79 Å². The van der Waals surface area contributed by atoms with Gasteiger partial charge >= 0.3 is 0 Å². The number of sulfonamides is 1. The van der Waals surface area contributed by atoms with Crippen LogP contribution in [0.2, 0.25) is 0 Å². The molecule has 0 aliphatic carbocycles. The van der Waals surface area contributed by atoms with E-state index >= 15 is 0 Å². The van der Waals surface area contributed by atoms with Gasteiger partial charge in [-0.25, -0.2) is 8.42 Å². The molecule has 144 valence electrons. The third kappa shape index (κ3) is 6.66. The van der Waals surface area contributed by atoms with E-state index in [4.69, 9.17) is 0 Å².